The van der Waals surface area contributed by atoms with Crippen LogP contribution in [0.15, 0.2) is 28.7 Å². The molecular formula is C16H15ClN4O2. The van der Waals surface area contributed by atoms with Gasteiger partial charge in [-0.05, 0) is 45.0 Å². The van der Waals surface area contributed by atoms with Crippen LogP contribution in [0, 0.1) is 20.8 Å². The fourth-order valence-electron chi connectivity index (χ4n) is 2.36. The lowest BCUT2D eigenvalue weighted by atomic mass is 10.1. The zero-order chi connectivity index (χ0) is 16.6. The van der Waals surface area contributed by atoms with Crippen LogP contribution in [0.5, 0.6) is 0 Å². The number of hydrogen-bond acceptors (Lipinski definition) is 5. The minimum absolute atomic E-state index is 0.221. The molecule has 23 heavy (non-hydrogen) atoms. The van der Waals surface area contributed by atoms with E-state index in [1.807, 2.05) is 26.8 Å². The summed E-state index contributed by atoms with van der Waals surface area (Å²) in [5.41, 5.74) is 8.20. The highest BCUT2D eigenvalue weighted by Crippen LogP contribution is 2.27. The van der Waals surface area contributed by atoms with E-state index in [-0.39, 0.29) is 5.76 Å². The number of carbonyl (C=O) groups excluding carboxylic acids is 1. The van der Waals surface area contributed by atoms with Gasteiger partial charge in [0, 0.05) is 27.4 Å². The molecule has 7 heteroatoms. The van der Waals surface area contributed by atoms with Crippen molar-refractivity contribution in [3.05, 3.63) is 52.0 Å². The van der Waals surface area contributed by atoms with E-state index in [1.165, 1.54) is 0 Å². The topological polar surface area (TPSA) is 80.0 Å². The monoisotopic (exact) mass is 330 g/mol. The molecule has 0 radical (unpaired) electrons. The van der Waals surface area contributed by atoms with Crippen LogP contribution in [0.3, 0.4) is 0 Å². The molecule has 3 aromatic rings. The van der Waals surface area contributed by atoms with Gasteiger partial charge in [0.25, 0.3) is 0 Å². The number of anilines is 1. The van der Waals surface area contributed by atoms with Gasteiger partial charge in [-0.25, -0.2) is 9.97 Å². The molecule has 2 aromatic heterocycles. The highest BCUT2D eigenvalue weighted by atomic mass is 35.5. The Labute approximate surface area is 137 Å². The molecule has 0 saturated heterocycles. The van der Waals surface area contributed by atoms with Gasteiger partial charge in [0.2, 0.25) is 5.95 Å². The number of benzene rings is 1. The number of carbonyl (C=O) groups is 1. The van der Waals surface area contributed by atoms with Gasteiger partial charge in [-0.15, -0.1) is 0 Å². The molecule has 0 saturated carbocycles. The molecule has 2 N–H and O–H groups in total. The second kappa shape index (κ2) is 5.89. The van der Waals surface area contributed by atoms with E-state index in [0.717, 1.165) is 22.3 Å². The Balaban J connectivity index is 1.82. The van der Waals surface area contributed by atoms with Crippen molar-refractivity contribution in [3.63, 3.8) is 0 Å². The fourth-order valence-corrected chi connectivity index (χ4v) is 2.53. The molecule has 0 fully saturated rings. The molecule has 2 heterocycles. The summed E-state index contributed by atoms with van der Waals surface area (Å²) in [5, 5.41) is 1.40. The molecule has 1 amide bonds. The van der Waals surface area contributed by atoms with E-state index >= 15 is 0 Å². The number of rotatable bonds is 3. The van der Waals surface area contributed by atoms with Crippen molar-refractivity contribution in [2.24, 2.45) is 0 Å². The Kier molecular flexibility index (Phi) is 3.92. The van der Waals surface area contributed by atoms with Crippen LogP contribution < -0.4 is 10.9 Å². The Bertz CT molecular complexity index is 884. The molecule has 0 bridgehead atoms. The van der Waals surface area contributed by atoms with Crippen LogP contribution in [0.1, 0.15) is 27.5 Å². The molecule has 1 aromatic carbocycles. The van der Waals surface area contributed by atoms with Crippen LogP contribution in [0.25, 0.3) is 11.0 Å². The van der Waals surface area contributed by atoms with Crippen molar-refractivity contribution in [1.82, 2.24) is 15.4 Å². The van der Waals surface area contributed by atoms with Gasteiger partial charge >= 0.3 is 5.91 Å². The van der Waals surface area contributed by atoms with Gasteiger partial charge in [-0.1, -0.05) is 11.6 Å². The average Bonchev–Trinajstić information content (AvgIpc) is 2.81. The second-order valence-electron chi connectivity index (χ2n) is 5.25. The van der Waals surface area contributed by atoms with Gasteiger partial charge in [0.1, 0.15) is 5.58 Å². The van der Waals surface area contributed by atoms with E-state index in [4.69, 9.17) is 16.0 Å². The van der Waals surface area contributed by atoms with Crippen molar-refractivity contribution < 1.29 is 9.21 Å². The number of aromatic nitrogens is 2. The summed E-state index contributed by atoms with van der Waals surface area (Å²) in [4.78, 5) is 20.7. The number of amides is 1. The summed E-state index contributed by atoms with van der Waals surface area (Å²) in [7, 11) is 0. The van der Waals surface area contributed by atoms with Gasteiger partial charge in [0.15, 0.2) is 5.76 Å². The van der Waals surface area contributed by atoms with Gasteiger partial charge in [-0.2, -0.15) is 0 Å². The predicted octanol–water partition coefficient (Wildman–Crippen LogP) is 3.56. The summed E-state index contributed by atoms with van der Waals surface area (Å²) in [6.45, 7) is 5.52. The number of nitrogens with zero attached hydrogens (tertiary/aromatic N) is 2. The van der Waals surface area contributed by atoms with Crippen molar-refractivity contribution >= 4 is 34.4 Å². The normalized spacial score (nSPS) is 10.8. The number of aryl methyl sites for hydroxylation is 3. The lowest BCUT2D eigenvalue weighted by Gasteiger charge is -2.07. The Hall–Kier alpha value is -2.60. The smallest absolute Gasteiger partial charge is 0.305 e. The van der Waals surface area contributed by atoms with Gasteiger partial charge in [-0.3, -0.25) is 15.6 Å². The SMILES string of the molecule is Cc1cc(C)nc(NNC(=O)c2oc3ccc(Cl)cc3c2C)n1. The number of hydrogen-bond donors (Lipinski definition) is 2. The minimum atomic E-state index is -0.405. The van der Waals surface area contributed by atoms with Crippen LogP contribution in [-0.2, 0) is 0 Å². The summed E-state index contributed by atoms with van der Waals surface area (Å²) in [5.74, 6) is 0.143. The third-order valence-corrected chi connectivity index (χ3v) is 3.61. The van der Waals surface area contributed by atoms with Crippen LogP contribution in [-0.4, -0.2) is 15.9 Å². The maximum Gasteiger partial charge on any atom is 0.305 e. The molecule has 0 atom stereocenters. The number of furan rings is 1. The molecule has 6 nitrogen and oxygen atoms in total. The van der Waals surface area contributed by atoms with E-state index < -0.39 is 5.91 Å². The first-order valence-corrected chi connectivity index (χ1v) is 7.39. The lowest BCUT2D eigenvalue weighted by Crippen LogP contribution is -2.30. The summed E-state index contributed by atoms with van der Waals surface area (Å²) < 4.78 is 5.60. The molecule has 0 aliphatic carbocycles. The molecule has 0 aliphatic heterocycles. The van der Waals surface area contributed by atoms with Gasteiger partial charge in [0.05, 0.1) is 0 Å². The summed E-state index contributed by atoms with van der Waals surface area (Å²) in [6, 6.07) is 7.07. The van der Waals surface area contributed by atoms with E-state index in [9.17, 15) is 4.79 Å². The minimum Gasteiger partial charge on any atom is -0.451 e. The maximum atomic E-state index is 12.3. The molecule has 0 unspecified atom stereocenters. The van der Waals surface area contributed by atoms with Crippen LogP contribution in [0.2, 0.25) is 5.02 Å². The Morgan fingerprint density at radius 3 is 2.52 bits per heavy atom. The number of hydrazine groups is 1. The predicted molar refractivity (Wildman–Crippen MR) is 88.6 cm³/mol. The average molecular weight is 331 g/mol. The lowest BCUT2D eigenvalue weighted by molar-refractivity contribution is 0.0936. The van der Waals surface area contributed by atoms with Crippen molar-refractivity contribution in [3.8, 4) is 0 Å². The number of nitrogens with one attached hydrogen (secondary N) is 2. The Morgan fingerprint density at radius 2 is 1.83 bits per heavy atom. The van der Waals surface area contributed by atoms with Crippen molar-refractivity contribution in [2.45, 2.75) is 20.8 Å². The quantitative estimate of drug-likeness (QED) is 0.718. The summed E-state index contributed by atoms with van der Waals surface area (Å²) in [6.07, 6.45) is 0. The molecule has 3 rings (SSSR count). The van der Waals surface area contributed by atoms with Crippen molar-refractivity contribution in [2.75, 3.05) is 5.43 Å². The van der Waals surface area contributed by atoms with E-state index in [1.54, 1.807) is 18.2 Å². The molecule has 118 valence electrons. The standard InChI is InChI=1S/C16H15ClN4O2/c1-8-6-9(2)19-16(18-8)21-20-15(22)14-10(3)12-7-11(17)4-5-13(12)23-14/h4-7H,1-3H3,(H,20,22)(H,18,19,21). The first kappa shape index (κ1) is 15.3. The number of halogens is 1. The largest absolute Gasteiger partial charge is 0.451 e. The number of fused-ring (bicyclic) bond motifs is 1. The first-order chi connectivity index (χ1) is 10.9. The third-order valence-electron chi connectivity index (χ3n) is 3.37. The van der Waals surface area contributed by atoms with Crippen LogP contribution >= 0.6 is 11.6 Å². The molecule has 0 aliphatic rings. The fraction of sp³-hybridized carbons (Fsp3) is 0.188. The second-order valence-corrected chi connectivity index (χ2v) is 5.69. The first-order valence-electron chi connectivity index (χ1n) is 7.01. The van der Waals surface area contributed by atoms with Gasteiger partial charge < -0.3 is 4.42 Å². The highest BCUT2D eigenvalue weighted by Gasteiger charge is 2.18. The van der Waals surface area contributed by atoms with E-state index in [2.05, 4.69) is 20.8 Å². The summed E-state index contributed by atoms with van der Waals surface area (Å²) >= 11 is 5.98. The van der Waals surface area contributed by atoms with Crippen LogP contribution in [0.4, 0.5) is 5.95 Å². The zero-order valence-electron chi connectivity index (χ0n) is 12.9. The third kappa shape index (κ3) is 3.12. The Morgan fingerprint density at radius 1 is 1.13 bits per heavy atom. The molecule has 0 spiro atoms. The maximum absolute atomic E-state index is 12.3. The zero-order valence-corrected chi connectivity index (χ0v) is 13.7. The highest BCUT2D eigenvalue weighted by molar-refractivity contribution is 6.31. The molecular weight excluding hydrogens is 316 g/mol. The van der Waals surface area contributed by atoms with E-state index in [0.29, 0.717) is 16.6 Å². The van der Waals surface area contributed by atoms with Crippen molar-refractivity contribution in [1.29, 1.82) is 0 Å².